The lowest BCUT2D eigenvalue weighted by Crippen LogP contribution is -2.49. The highest BCUT2D eigenvalue weighted by Crippen LogP contribution is 2.21. The third-order valence-corrected chi connectivity index (χ3v) is 6.60. The molecule has 0 spiro atoms. The number of carbonyl (C=O) groups is 1. The van der Waals surface area contributed by atoms with Gasteiger partial charge in [0.15, 0.2) is 0 Å². The quantitative estimate of drug-likeness (QED) is 0.443. The van der Waals surface area contributed by atoms with Gasteiger partial charge in [0.1, 0.15) is 17.6 Å². The summed E-state index contributed by atoms with van der Waals surface area (Å²) in [6, 6.07) is 12.6. The smallest absolute Gasteiger partial charge is 0.241 e. The molecule has 0 fully saturated rings. The number of aliphatic hydroxyl groups excluding tert-OH is 1. The van der Waals surface area contributed by atoms with Crippen molar-refractivity contribution in [3.63, 3.8) is 0 Å². The monoisotopic (exact) mass is 476 g/mol. The summed E-state index contributed by atoms with van der Waals surface area (Å²) in [6.45, 7) is -0.0642. The molecule has 2 aromatic carbocycles. The van der Waals surface area contributed by atoms with Gasteiger partial charge < -0.3 is 24.6 Å². The molecule has 1 amide bonds. The standard InChI is InChI=1S/C23H28N2O7S/c1-30-17-8-6-16(7-9-17)14-24-23(27)13-19-10-11-21(22(15-26)32-19)25-33(28,29)20-5-3-4-18(12-20)31-2/h3-12,19,21-22,25-26H,13-15H2,1-2H3,(H,24,27)/t19-,21+,22+/m1/s1. The van der Waals surface area contributed by atoms with E-state index >= 15 is 0 Å². The van der Waals surface area contributed by atoms with E-state index in [1.807, 2.05) is 24.3 Å². The lowest BCUT2D eigenvalue weighted by atomic mass is 10.1. The highest BCUT2D eigenvalue weighted by atomic mass is 32.2. The normalized spacial score (nSPS) is 20.3. The molecule has 178 valence electrons. The molecule has 0 unspecified atom stereocenters. The number of rotatable bonds is 10. The lowest BCUT2D eigenvalue weighted by Gasteiger charge is -2.31. The number of ether oxygens (including phenoxy) is 3. The topological polar surface area (TPSA) is 123 Å². The Kier molecular flexibility index (Phi) is 8.45. The lowest BCUT2D eigenvalue weighted by molar-refractivity contribution is -0.125. The first kappa shape index (κ1) is 24.7. The number of hydrogen-bond donors (Lipinski definition) is 3. The minimum atomic E-state index is -3.88. The summed E-state index contributed by atoms with van der Waals surface area (Å²) in [5.74, 6) is 0.915. The molecular weight excluding hydrogens is 448 g/mol. The van der Waals surface area contributed by atoms with Crippen LogP contribution in [0.1, 0.15) is 12.0 Å². The van der Waals surface area contributed by atoms with E-state index in [0.717, 1.165) is 11.3 Å². The summed E-state index contributed by atoms with van der Waals surface area (Å²) in [4.78, 5) is 12.4. The van der Waals surface area contributed by atoms with Crippen LogP contribution < -0.4 is 19.5 Å². The van der Waals surface area contributed by atoms with Gasteiger partial charge in [0.25, 0.3) is 0 Å². The maximum absolute atomic E-state index is 12.7. The molecule has 0 radical (unpaired) electrons. The second kappa shape index (κ2) is 11.3. The van der Waals surface area contributed by atoms with Crippen molar-refractivity contribution in [1.82, 2.24) is 10.0 Å². The Morgan fingerprint density at radius 2 is 1.79 bits per heavy atom. The SMILES string of the molecule is COc1ccc(CNC(=O)C[C@H]2C=C[C@H](NS(=O)(=O)c3cccc(OC)c3)[C@H](CO)O2)cc1. The van der Waals surface area contributed by atoms with Crippen LogP contribution >= 0.6 is 0 Å². The van der Waals surface area contributed by atoms with Gasteiger partial charge in [-0.1, -0.05) is 30.4 Å². The third kappa shape index (κ3) is 6.78. The summed E-state index contributed by atoms with van der Waals surface area (Å²) in [6.07, 6.45) is 1.84. The fourth-order valence-electron chi connectivity index (χ4n) is 3.32. The van der Waals surface area contributed by atoms with Gasteiger partial charge in [-0.15, -0.1) is 0 Å². The number of carbonyl (C=O) groups excluding carboxylic acids is 1. The molecule has 3 atom stereocenters. The predicted octanol–water partition coefficient (Wildman–Crippen LogP) is 1.37. The van der Waals surface area contributed by atoms with Crippen LogP contribution in [0.3, 0.4) is 0 Å². The molecule has 1 aliphatic rings. The van der Waals surface area contributed by atoms with E-state index in [4.69, 9.17) is 14.2 Å². The average Bonchev–Trinajstić information content (AvgIpc) is 2.83. The highest BCUT2D eigenvalue weighted by Gasteiger charge is 2.31. The van der Waals surface area contributed by atoms with E-state index in [-0.39, 0.29) is 17.2 Å². The highest BCUT2D eigenvalue weighted by molar-refractivity contribution is 7.89. The van der Waals surface area contributed by atoms with Gasteiger partial charge in [-0.05, 0) is 29.8 Å². The molecule has 2 aromatic rings. The molecule has 10 heteroatoms. The second-order valence-corrected chi connectivity index (χ2v) is 9.15. The summed E-state index contributed by atoms with van der Waals surface area (Å²) in [5.41, 5.74) is 0.921. The van der Waals surface area contributed by atoms with Crippen molar-refractivity contribution in [1.29, 1.82) is 0 Å². The number of hydrogen-bond acceptors (Lipinski definition) is 7. The first-order valence-corrected chi connectivity index (χ1v) is 11.8. The van der Waals surface area contributed by atoms with Crippen molar-refractivity contribution in [2.75, 3.05) is 20.8 Å². The fourth-order valence-corrected chi connectivity index (χ4v) is 4.58. The van der Waals surface area contributed by atoms with Crippen LogP contribution in [0.2, 0.25) is 0 Å². The number of nitrogens with one attached hydrogen (secondary N) is 2. The Morgan fingerprint density at radius 3 is 2.45 bits per heavy atom. The largest absolute Gasteiger partial charge is 0.497 e. The minimum Gasteiger partial charge on any atom is -0.497 e. The zero-order chi connectivity index (χ0) is 23.8. The zero-order valence-corrected chi connectivity index (χ0v) is 19.2. The van der Waals surface area contributed by atoms with Crippen molar-refractivity contribution in [2.24, 2.45) is 0 Å². The van der Waals surface area contributed by atoms with Crippen LogP contribution in [0.5, 0.6) is 11.5 Å². The summed E-state index contributed by atoms with van der Waals surface area (Å²) >= 11 is 0. The number of sulfonamides is 1. The molecule has 33 heavy (non-hydrogen) atoms. The summed E-state index contributed by atoms with van der Waals surface area (Å²) in [5, 5.41) is 12.6. The molecule has 0 aromatic heterocycles. The first-order valence-electron chi connectivity index (χ1n) is 10.3. The molecule has 0 saturated heterocycles. The maximum Gasteiger partial charge on any atom is 0.241 e. The van der Waals surface area contributed by atoms with E-state index in [0.29, 0.717) is 12.3 Å². The van der Waals surface area contributed by atoms with Gasteiger partial charge in [-0.2, -0.15) is 0 Å². The van der Waals surface area contributed by atoms with Gasteiger partial charge in [0, 0.05) is 12.6 Å². The maximum atomic E-state index is 12.7. The van der Waals surface area contributed by atoms with Gasteiger partial charge in [0.05, 0.1) is 44.3 Å². The first-order chi connectivity index (χ1) is 15.8. The van der Waals surface area contributed by atoms with Crippen LogP contribution in [0.15, 0.2) is 65.6 Å². The number of methoxy groups -OCH3 is 2. The van der Waals surface area contributed by atoms with E-state index in [2.05, 4.69) is 10.0 Å². The molecule has 3 rings (SSSR count). The number of benzene rings is 2. The van der Waals surface area contributed by atoms with E-state index in [1.165, 1.54) is 19.2 Å². The van der Waals surface area contributed by atoms with Gasteiger partial charge in [0.2, 0.25) is 15.9 Å². The van der Waals surface area contributed by atoms with Crippen molar-refractivity contribution < 1.29 is 32.5 Å². The van der Waals surface area contributed by atoms with Crippen LogP contribution in [0, 0.1) is 0 Å². The molecule has 0 bridgehead atoms. The molecule has 1 aliphatic heterocycles. The van der Waals surface area contributed by atoms with E-state index < -0.39 is 34.9 Å². The van der Waals surface area contributed by atoms with E-state index in [9.17, 15) is 18.3 Å². The third-order valence-electron chi connectivity index (χ3n) is 5.14. The zero-order valence-electron chi connectivity index (χ0n) is 18.4. The van der Waals surface area contributed by atoms with Crippen molar-refractivity contribution >= 4 is 15.9 Å². The van der Waals surface area contributed by atoms with Gasteiger partial charge >= 0.3 is 0 Å². The Labute approximate surface area is 193 Å². The van der Waals surface area contributed by atoms with E-state index in [1.54, 1.807) is 31.4 Å². The van der Waals surface area contributed by atoms with Crippen LogP contribution in [-0.2, 0) is 26.1 Å². The van der Waals surface area contributed by atoms with Crippen LogP contribution in [-0.4, -0.2) is 58.5 Å². The molecule has 0 saturated carbocycles. The van der Waals surface area contributed by atoms with Crippen molar-refractivity contribution in [3.8, 4) is 11.5 Å². The van der Waals surface area contributed by atoms with Crippen molar-refractivity contribution in [3.05, 3.63) is 66.2 Å². The molecule has 1 heterocycles. The molecule has 9 nitrogen and oxygen atoms in total. The van der Waals surface area contributed by atoms with Gasteiger partial charge in [-0.3, -0.25) is 4.79 Å². The Hall–Kier alpha value is -2.92. The summed E-state index contributed by atoms with van der Waals surface area (Å²) in [7, 11) is -0.845. The Bertz CT molecular complexity index is 1070. The van der Waals surface area contributed by atoms with Crippen LogP contribution in [0.25, 0.3) is 0 Å². The predicted molar refractivity (Wildman–Crippen MR) is 121 cm³/mol. The Morgan fingerprint density at radius 1 is 1.06 bits per heavy atom. The van der Waals surface area contributed by atoms with Crippen molar-refractivity contribution in [2.45, 2.75) is 36.1 Å². The fraction of sp³-hybridized carbons (Fsp3) is 0.348. The summed E-state index contributed by atoms with van der Waals surface area (Å²) < 4.78 is 44.0. The average molecular weight is 477 g/mol. The molecule has 0 aliphatic carbocycles. The molecular formula is C23H28N2O7S. The molecule has 3 N–H and O–H groups in total. The second-order valence-electron chi connectivity index (χ2n) is 7.44. The Balaban J connectivity index is 1.57. The number of amides is 1. The van der Waals surface area contributed by atoms with Crippen LogP contribution in [0.4, 0.5) is 0 Å². The minimum absolute atomic E-state index is 0.0342. The number of aliphatic hydroxyl groups is 1. The van der Waals surface area contributed by atoms with Gasteiger partial charge in [-0.25, -0.2) is 13.1 Å².